The van der Waals surface area contributed by atoms with E-state index in [4.69, 9.17) is 4.74 Å². The molecule has 0 bridgehead atoms. The van der Waals surface area contributed by atoms with E-state index < -0.39 is 5.97 Å². The number of rotatable bonds is 7. The number of hydrogen-bond acceptors (Lipinski definition) is 6. The van der Waals surface area contributed by atoms with Crippen LogP contribution in [0.25, 0.3) is 11.3 Å². The first-order chi connectivity index (χ1) is 14.6. The van der Waals surface area contributed by atoms with Gasteiger partial charge in [0.1, 0.15) is 11.5 Å². The lowest BCUT2D eigenvalue weighted by molar-refractivity contribution is -0.304. The zero-order valence-corrected chi connectivity index (χ0v) is 17.1. The highest BCUT2D eigenvalue weighted by Gasteiger charge is 2.14. The number of anilines is 2. The molecule has 0 aliphatic carbocycles. The zero-order chi connectivity index (χ0) is 20.9. The number of aromatic nitrogens is 1. The smallest absolute Gasteiger partial charge is 0.187 e. The van der Waals surface area contributed by atoms with E-state index in [0.717, 1.165) is 22.6 Å². The molecule has 0 radical (unpaired) electrons. The number of carbonyl (C=O) groups excluding carboxylic acids is 1. The van der Waals surface area contributed by atoms with Crippen LogP contribution in [-0.2, 0) is 11.2 Å². The van der Waals surface area contributed by atoms with E-state index in [1.165, 1.54) is 11.3 Å². The van der Waals surface area contributed by atoms with Gasteiger partial charge in [0.2, 0.25) is 0 Å². The summed E-state index contributed by atoms with van der Waals surface area (Å²) in [4.78, 5) is 16.6. The molecule has 1 aromatic heterocycles. The van der Waals surface area contributed by atoms with Crippen molar-refractivity contribution in [3.8, 4) is 22.8 Å². The predicted octanol–water partition coefficient (Wildman–Crippen LogP) is 4.95. The van der Waals surface area contributed by atoms with Gasteiger partial charge in [-0.1, -0.05) is 36.4 Å². The molecular formula is C24H19N2O3S-. The topological polar surface area (TPSA) is 74.3 Å². The minimum atomic E-state index is -1.13. The number of carboxylic acid groups (broad SMARTS) is 1. The van der Waals surface area contributed by atoms with Gasteiger partial charge in [-0.25, -0.2) is 4.98 Å². The van der Waals surface area contributed by atoms with E-state index >= 15 is 0 Å². The van der Waals surface area contributed by atoms with Crippen molar-refractivity contribution >= 4 is 28.1 Å². The van der Waals surface area contributed by atoms with Gasteiger partial charge in [0.05, 0.1) is 5.69 Å². The van der Waals surface area contributed by atoms with E-state index in [-0.39, 0.29) is 6.42 Å². The van der Waals surface area contributed by atoms with Crippen LogP contribution >= 0.6 is 11.3 Å². The lowest BCUT2D eigenvalue weighted by atomic mass is 10.1. The van der Waals surface area contributed by atoms with Crippen LogP contribution in [0.2, 0.25) is 0 Å². The van der Waals surface area contributed by atoms with Crippen molar-refractivity contribution in [2.45, 2.75) is 13.3 Å². The summed E-state index contributed by atoms with van der Waals surface area (Å²) >= 11 is 1.32. The maximum atomic E-state index is 11.3. The Balaban J connectivity index is 1.61. The summed E-state index contributed by atoms with van der Waals surface area (Å²) in [5.41, 5.74) is 3.47. The number of hydrogen-bond donors (Lipinski definition) is 1. The fourth-order valence-electron chi connectivity index (χ4n) is 3.02. The van der Waals surface area contributed by atoms with Crippen molar-refractivity contribution in [1.82, 2.24) is 4.98 Å². The molecule has 4 rings (SSSR count). The molecule has 0 spiro atoms. The average Bonchev–Trinajstić information content (AvgIpc) is 3.12. The van der Waals surface area contributed by atoms with Crippen molar-refractivity contribution in [3.05, 3.63) is 89.3 Å². The molecule has 4 aromatic rings. The van der Waals surface area contributed by atoms with Gasteiger partial charge in [0.15, 0.2) is 5.13 Å². The number of thiazole rings is 1. The van der Waals surface area contributed by atoms with E-state index in [9.17, 15) is 9.90 Å². The summed E-state index contributed by atoms with van der Waals surface area (Å²) in [6, 6.07) is 24.8. The van der Waals surface area contributed by atoms with Gasteiger partial charge in [-0.2, -0.15) is 0 Å². The van der Waals surface area contributed by atoms with Crippen LogP contribution in [0.5, 0.6) is 11.5 Å². The maximum Gasteiger partial charge on any atom is 0.187 e. The first kappa shape index (κ1) is 19.7. The summed E-state index contributed by atoms with van der Waals surface area (Å²) in [7, 11) is 0. The summed E-state index contributed by atoms with van der Waals surface area (Å²) in [6.07, 6.45) is -0.190. The van der Waals surface area contributed by atoms with Crippen molar-refractivity contribution < 1.29 is 14.6 Å². The Morgan fingerprint density at radius 3 is 2.33 bits per heavy atom. The molecule has 0 aliphatic heterocycles. The first-order valence-electron chi connectivity index (χ1n) is 9.44. The number of carbonyl (C=O) groups is 1. The molecule has 150 valence electrons. The summed E-state index contributed by atoms with van der Waals surface area (Å²) < 4.78 is 5.83. The zero-order valence-electron chi connectivity index (χ0n) is 16.3. The molecule has 1 heterocycles. The maximum absolute atomic E-state index is 11.3. The van der Waals surface area contributed by atoms with Gasteiger partial charge in [-0.15, -0.1) is 11.3 Å². The number of carboxylic acids is 1. The first-order valence-corrected chi connectivity index (χ1v) is 10.3. The number of nitrogens with one attached hydrogen (secondary N) is 1. The second-order valence-electron chi connectivity index (χ2n) is 6.72. The quantitative estimate of drug-likeness (QED) is 0.462. The van der Waals surface area contributed by atoms with E-state index in [0.29, 0.717) is 21.5 Å². The molecule has 0 saturated carbocycles. The SMILES string of the molecule is Cc1ccccc1Nc1nc(-c2ccc(Oc3ccccc3)cc2)c(CC(=O)[O-])s1. The van der Waals surface area contributed by atoms with Crippen LogP contribution < -0.4 is 15.2 Å². The number of para-hydroxylation sites is 2. The molecule has 0 aliphatic rings. The van der Waals surface area contributed by atoms with Crippen molar-refractivity contribution in [2.24, 2.45) is 0 Å². The van der Waals surface area contributed by atoms with Crippen molar-refractivity contribution in [3.63, 3.8) is 0 Å². The summed E-state index contributed by atoms with van der Waals surface area (Å²) in [6.45, 7) is 2.00. The van der Waals surface area contributed by atoms with E-state index in [2.05, 4.69) is 10.3 Å². The molecule has 3 aromatic carbocycles. The lowest BCUT2D eigenvalue weighted by Gasteiger charge is -2.07. The normalized spacial score (nSPS) is 10.6. The highest BCUT2D eigenvalue weighted by Crippen LogP contribution is 2.34. The van der Waals surface area contributed by atoms with Crippen LogP contribution in [-0.4, -0.2) is 11.0 Å². The van der Waals surface area contributed by atoms with E-state index in [1.807, 2.05) is 85.8 Å². The molecule has 0 atom stereocenters. The number of aliphatic carboxylic acids is 1. The molecule has 5 nitrogen and oxygen atoms in total. The Kier molecular flexibility index (Phi) is 5.77. The number of aryl methyl sites for hydroxylation is 1. The third kappa shape index (κ3) is 4.67. The predicted molar refractivity (Wildman–Crippen MR) is 117 cm³/mol. The molecule has 1 N–H and O–H groups in total. The monoisotopic (exact) mass is 415 g/mol. The number of benzene rings is 3. The Morgan fingerprint density at radius 1 is 0.967 bits per heavy atom. The van der Waals surface area contributed by atoms with Crippen LogP contribution in [0, 0.1) is 6.92 Å². The van der Waals surface area contributed by atoms with Gasteiger partial charge in [0.25, 0.3) is 0 Å². The lowest BCUT2D eigenvalue weighted by Crippen LogP contribution is -2.24. The van der Waals surface area contributed by atoms with Crippen molar-refractivity contribution in [1.29, 1.82) is 0 Å². The fraction of sp³-hybridized carbons (Fsp3) is 0.0833. The van der Waals surface area contributed by atoms with Gasteiger partial charge < -0.3 is 20.0 Å². The number of ether oxygens (including phenoxy) is 1. The molecule has 0 fully saturated rings. The third-order valence-corrected chi connectivity index (χ3v) is 5.47. The van der Waals surface area contributed by atoms with Crippen LogP contribution in [0.4, 0.5) is 10.8 Å². The fourth-order valence-corrected chi connectivity index (χ4v) is 4.00. The third-order valence-electron chi connectivity index (χ3n) is 4.50. The van der Waals surface area contributed by atoms with Crippen molar-refractivity contribution in [2.75, 3.05) is 5.32 Å². The standard InChI is InChI=1S/C24H20N2O3S/c1-16-7-5-6-10-20(16)25-24-26-23(21(30-24)15-22(27)28)17-11-13-19(14-12-17)29-18-8-3-2-4-9-18/h2-14H,15H2,1H3,(H,25,26)(H,27,28)/p-1. The summed E-state index contributed by atoms with van der Waals surface area (Å²) in [5, 5.41) is 15.2. The molecule has 0 amide bonds. The highest BCUT2D eigenvalue weighted by molar-refractivity contribution is 7.16. The van der Waals surface area contributed by atoms with Crippen LogP contribution in [0.15, 0.2) is 78.9 Å². The Hall–Kier alpha value is -3.64. The summed E-state index contributed by atoms with van der Waals surface area (Å²) in [5.74, 6) is 0.313. The molecule has 0 saturated heterocycles. The second-order valence-corrected chi connectivity index (χ2v) is 7.80. The molecule has 6 heteroatoms. The van der Waals surface area contributed by atoms with E-state index in [1.54, 1.807) is 0 Å². The van der Waals surface area contributed by atoms with Crippen LogP contribution in [0.1, 0.15) is 10.4 Å². The van der Waals surface area contributed by atoms with Gasteiger partial charge >= 0.3 is 0 Å². The molecule has 30 heavy (non-hydrogen) atoms. The molecule has 0 unspecified atom stereocenters. The average molecular weight is 415 g/mol. The Labute approximate surface area is 178 Å². The minimum absolute atomic E-state index is 0.190. The van der Waals surface area contributed by atoms with Gasteiger partial charge in [0, 0.05) is 28.5 Å². The number of nitrogens with zero attached hydrogens (tertiary/aromatic N) is 1. The van der Waals surface area contributed by atoms with Gasteiger partial charge in [-0.3, -0.25) is 0 Å². The minimum Gasteiger partial charge on any atom is -0.550 e. The van der Waals surface area contributed by atoms with Gasteiger partial charge in [-0.05, 0) is 55.0 Å². The largest absolute Gasteiger partial charge is 0.550 e. The molecular weight excluding hydrogens is 396 g/mol. The highest BCUT2D eigenvalue weighted by atomic mass is 32.1. The Morgan fingerprint density at radius 2 is 1.63 bits per heavy atom. The second kappa shape index (κ2) is 8.80. The Bertz CT molecular complexity index is 1150. The van der Waals surface area contributed by atoms with Crippen LogP contribution in [0.3, 0.4) is 0 Å².